The first-order valence-corrected chi connectivity index (χ1v) is 3.06. The first kappa shape index (κ1) is 6.33. The Morgan fingerprint density at radius 1 is 1.89 bits per heavy atom. The Balaban J connectivity index is 2.57. The number of rotatable bonds is 1. The van der Waals surface area contributed by atoms with Gasteiger partial charge in [-0.2, -0.15) is 0 Å². The van der Waals surface area contributed by atoms with Crippen molar-refractivity contribution in [2.45, 2.75) is 19.4 Å². The molecular formula is C7H10O2. The Morgan fingerprint density at radius 2 is 2.56 bits per heavy atom. The van der Waals surface area contributed by atoms with Crippen LogP contribution in [0, 0.1) is 5.92 Å². The zero-order valence-corrected chi connectivity index (χ0v) is 5.46. The summed E-state index contributed by atoms with van der Waals surface area (Å²) in [6.07, 6.45) is 2.17. The van der Waals surface area contributed by atoms with Gasteiger partial charge < -0.3 is 4.74 Å². The van der Waals surface area contributed by atoms with Crippen LogP contribution in [0.4, 0.5) is 0 Å². The number of carbonyl (C=O) groups excluding carboxylic acids is 1. The second-order valence-electron chi connectivity index (χ2n) is 2.37. The summed E-state index contributed by atoms with van der Waals surface area (Å²) >= 11 is 0. The van der Waals surface area contributed by atoms with Crippen LogP contribution in [-0.2, 0) is 9.53 Å². The van der Waals surface area contributed by atoms with Crippen LogP contribution in [0.2, 0.25) is 0 Å². The molecule has 2 heteroatoms. The second kappa shape index (κ2) is 2.21. The van der Waals surface area contributed by atoms with Gasteiger partial charge in [-0.25, -0.2) is 0 Å². The standard InChI is InChI=1S/C7H10O2/c1-3-6-5(2)4-7(8)9-6/h3,5-6H,1,4H2,2H3. The average Bonchev–Trinajstić information content (AvgIpc) is 2.10. The van der Waals surface area contributed by atoms with E-state index in [4.69, 9.17) is 4.74 Å². The maximum Gasteiger partial charge on any atom is 0.306 e. The molecule has 1 rings (SSSR count). The average molecular weight is 126 g/mol. The number of hydrogen-bond acceptors (Lipinski definition) is 2. The smallest absolute Gasteiger partial charge is 0.306 e. The van der Waals surface area contributed by atoms with Gasteiger partial charge in [-0.1, -0.05) is 19.6 Å². The van der Waals surface area contributed by atoms with E-state index in [2.05, 4.69) is 6.58 Å². The number of hydrogen-bond donors (Lipinski definition) is 0. The van der Waals surface area contributed by atoms with Crippen molar-refractivity contribution in [2.75, 3.05) is 0 Å². The zero-order chi connectivity index (χ0) is 6.85. The van der Waals surface area contributed by atoms with Gasteiger partial charge in [0.15, 0.2) is 0 Å². The minimum Gasteiger partial charge on any atom is -0.458 e. The summed E-state index contributed by atoms with van der Waals surface area (Å²) in [5.41, 5.74) is 0. The van der Waals surface area contributed by atoms with Gasteiger partial charge in [0.05, 0.1) is 6.42 Å². The van der Waals surface area contributed by atoms with Crippen LogP contribution >= 0.6 is 0 Å². The highest BCUT2D eigenvalue weighted by molar-refractivity contribution is 5.72. The third-order valence-corrected chi connectivity index (χ3v) is 1.55. The lowest BCUT2D eigenvalue weighted by molar-refractivity contribution is -0.140. The molecule has 0 spiro atoms. The predicted molar refractivity (Wildman–Crippen MR) is 33.9 cm³/mol. The van der Waals surface area contributed by atoms with Crippen LogP contribution in [0.3, 0.4) is 0 Å². The van der Waals surface area contributed by atoms with E-state index in [1.807, 2.05) is 6.92 Å². The highest BCUT2D eigenvalue weighted by Crippen LogP contribution is 2.21. The van der Waals surface area contributed by atoms with Gasteiger partial charge in [-0.15, -0.1) is 0 Å². The number of ether oxygens (including phenoxy) is 1. The van der Waals surface area contributed by atoms with Crippen LogP contribution in [0.15, 0.2) is 12.7 Å². The molecule has 0 radical (unpaired) electrons. The number of carbonyl (C=O) groups is 1. The summed E-state index contributed by atoms with van der Waals surface area (Å²) in [6, 6.07) is 0. The maximum atomic E-state index is 10.6. The van der Waals surface area contributed by atoms with E-state index in [0.717, 1.165) is 0 Å². The molecule has 2 unspecified atom stereocenters. The molecule has 0 aromatic heterocycles. The highest BCUT2D eigenvalue weighted by Gasteiger charge is 2.28. The Kier molecular flexibility index (Phi) is 1.56. The van der Waals surface area contributed by atoms with Crippen LogP contribution in [0.5, 0.6) is 0 Å². The Morgan fingerprint density at radius 3 is 2.78 bits per heavy atom. The van der Waals surface area contributed by atoms with Gasteiger partial charge in [0.2, 0.25) is 0 Å². The molecule has 1 heterocycles. The monoisotopic (exact) mass is 126 g/mol. The van der Waals surface area contributed by atoms with E-state index in [-0.39, 0.29) is 12.1 Å². The van der Waals surface area contributed by atoms with Crippen molar-refractivity contribution >= 4 is 5.97 Å². The Hall–Kier alpha value is -0.790. The van der Waals surface area contributed by atoms with E-state index in [1.165, 1.54) is 0 Å². The summed E-state index contributed by atoms with van der Waals surface area (Å²) in [5.74, 6) is 0.211. The third-order valence-electron chi connectivity index (χ3n) is 1.55. The van der Waals surface area contributed by atoms with Crippen LogP contribution in [-0.4, -0.2) is 12.1 Å². The van der Waals surface area contributed by atoms with Crippen molar-refractivity contribution in [2.24, 2.45) is 5.92 Å². The van der Waals surface area contributed by atoms with E-state index in [9.17, 15) is 4.79 Å². The molecule has 9 heavy (non-hydrogen) atoms. The SMILES string of the molecule is C=CC1OC(=O)CC1C. The van der Waals surface area contributed by atoms with Crippen LogP contribution < -0.4 is 0 Å². The third kappa shape index (κ3) is 1.12. The minimum atomic E-state index is -0.104. The highest BCUT2D eigenvalue weighted by atomic mass is 16.5. The minimum absolute atomic E-state index is 0.0440. The van der Waals surface area contributed by atoms with Gasteiger partial charge in [0.1, 0.15) is 6.10 Å². The Bertz CT molecular complexity index is 140. The van der Waals surface area contributed by atoms with Gasteiger partial charge in [-0.05, 0) is 0 Å². The number of esters is 1. The van der Waals surface area contributed by atoms with E-state index >= 15 is 0 Å². The molecule has 2 atom stereocenters. The maximum absolute atomic E-state index is 10.6. The van der Waals surface area contributed by atoms with Crippen molar-refractivity contribution in [3.8, 4) is 0 Å². The van der Waals surface area contributed by atoms with Gasteiger partial charge in [0.25, 0.3) is 0 Å². The lowest BCUT2D eigenvalue weighted by Gasteiger charge is -2.05. The van der Waals surface area contributed by atoms with E-state index < -0.39 is 0 Å². The molecule has 1 fully saturated rings. The Labute approximate surface area is 54.5 Å². The molecule has 2 nitrogen and oxygen atoms in total. The fourth-order valence-corrected chi connectivity index (χ4v) is 0.976. The summed E-state index contributed by atoms with van der Waals surface area (Å²) < 4.78 is 4.87. The molecule has 50 valence electrons. The van der Waals surface area contributed by atoms with Gasteiger partial charge in [-0.3, -0.25) is 4.79 Å². The van der Waals surface area contributed by atoms with Gasteiger partial charge >= 0.3 is 5.97 Å². The molecule has 0 bridgehead atoms. The molecular weight excluding hydrogens is 116 g/mol. The van der Waals surface area contributed by atoms with Crippen molar-refractivity contribution in [1.82, 2.24) is 0 Å². The number of cyclic esters (lactones) is 1. The fraction of sp³-hybridized carbons (Fsp3) is 0.571. The molecule has 0 amide bonds. The van der Waals surface area contributed by atoms with E-state index in [1.54, 1.807) is 6.08 Å². The molecule has 1 saturated heterocycles. The van der Waals surface area contributed by atoms with Crippen molar-refractivity contribution in [3.63, 3.8) is 0 Å². The van der Waals surface area contributed by atoms with Crippen LogP contribution in [0.1, 0.15) is 13.3 Å². The summed E-state index contributed by atoms with van der Waals surface area (Å²) in [7, 11) is 0. The summed E-state index contributed by atoms with van der Waals surface area (Å²) in [4.78, 5) is 10.6. The molecule has 0 N–H and O–H groups in total. The molecule has 0 aromatic carbocycles. The van der Waals surface area contributed by atoms with E-state index in [0.29, 0.717) is 12.3 Å². The fourth-order valence-electron chi connectivity index (χ4n) is 0.976. The molecule has 0 aromatic rings. The zero-order valence-electron chi connectivity index (χ0n) is 5.46. The van der Waals surface area contributed by atoms with Crippen molar-refractivity contribution in [3.05, 3.63) is 12.7 Å². The lowest BCUT2D eigenvalue weighted by atomic mass is 10.0. The normalized spacial score (nSPS) is 34.1. The van der Waals surface area contributed by atoms with Crippen molar-refractivity contribution < 1.29 is 9.53 Å². The quantitative estimate of drug-likeness (QED) is 0.389. The summed E-state index contributed by atoms with van der Waals surface area (Å²) in [5, 5.41) is 0. The second-order valence-corrected chi connectivity index (χ2v) is 2.37. The lowest BCUT2D eigenvalue weighted by Crippen LogP contribution is -2.08. The first-order valence-electron chi connectivity index (χ1n) is 3.06. The topological polar surface area (TPSA) is 26.3 Å². The molecule has 1 aliphatic heterocycles. The predicted octanol–water partition coefficient (Wildman–Crippen LogP) is 1.12. The first-order chi connectivity index (χ1) is 4.24. The summed E-state index contributed by atoms with van der Waals surface area (Å²) in [6.45, 7) is 5.53. The molecule has 1 aliphatic rings. The van der Waals surface area contributed by atoms with Crippen LogP contribution in [0.25, 0.3) is 0 Å². The molecule has 0 saturated carbocycles. The molecule has 0 aliphatic carbocycles. The largest absolute Gasteiger partial charge is 0.458 e. The van der Waals surface area contributed by atoms with Crippen molar-refractivity contribution in [1.29, 1.82) is 0 Å². The van der Waals surface area contributed by atoms with Gasteiger partial charge in [0, 0.05) is 5.92 Å².